The van der Waals surface area contributed by atoms with Crippen LogP contribution in [0.3, 0.4) is 0 Å². The van der Waals surface area contributed by atoms with E-state index in [2.05, 4.69) is 26.6 Å². The quantitative estimate of drug-likeness (QED) is 0.458. The van der Waals surface area contributed by atoms with E-state index < -0.39 is 0 Å². The van der Waals surface area contributed by atoms with Gasteiger partial charge in [0.1, 0.15) is 5.75 Å². The first-order valence-electron chi connectivity index (χ1n) is 13.0. The van der Waals surface area contributed by atoms with Crippen LogP contribution in [0.5, 0.6) is 5.75 Å². The standard InChI is InChI=1S/C26H37N5O3S/c1-19-11-13-29(14-12-19)25-27-28-26(31(25)17-23-4-3-15-34-23)35-18-24(32)30(21-7-8-21)16-20-5-9-22(33-2)10-6-20/h5-6,9-10,19,21,23H,3-4,7-8,11-18H2,1-2H3. The van der Waals surface area contributed by atoms with Gasteiger partial charge >= 0.3 is 0 Å². The van der Waals surface area contributed by atoms with Crippen molar-refractivity contribution in [3.63, 3.8) is 0 Å². The number of nitrogens with zero attached hydrogens (tertiary/aromatic N) is 5. The lowest BCUT2D eigenvalue weighted by Gasteiger charge is -2.31. The number of carbonyl (C=O) groups is 1. The van der Waals surface area contributed by atoms with E-state index in [1.807, 2.05) is 29.2 Å². The maximum atomic E-state index is 13.3. The monoisotopic (exact) mass is 499 g/mol. The fraction of sp³-hybridized carbons (Fsp3) is 0.654. The minimum absolute atomic E-state index is 0.160. The number of thioether (sulfide) groups is 1. The molecule has 9 heteroatoms. The van der Waals surface area contributed by atoms with Gasteiger partial charge in [0, 0.05) is 32.3 Å². The third-order valence-corrected chi connectivity index (χ3v) is 8.27. The van der Waals surface area contributed by atoms with E-state index in [1.54, 1.807) is 7.11 Å². The number of anilines is 1. The number of rotatable bonds is 10. The Morgan fingerprint density at radius 2 is 1.91 bits per heavy atom. The van der Waals surface area contributed by atoms with Gasteiger partial charge in [-0.3, -0.25) is 9.36 Å². The van der Waals surface area contributed by atoms with Gasteiger partial charge in [-0.15, -0.1) is 10.2 Å². The van der Waals surface area contributed by atoms with Gasteiger partial charge < -0.3 is 19.3 Å². The molecule has 1 saturated carbocycles. The Hall–Kier alpha value is -2.26. The number of carbonyl (C=O) groups excluding carboxylic acids is 1. The summed E-state index contributed by atoms with van der Waals surface area (Å²) in [6, 6.07) is 8.34. The topological polar surface area (TPSA) is 72.7 Å². The summed E-state index contributed by atoms with van der Waals surface area (Å²) in [5.74, 6) is 3.05. The summed E-state index contributed by atoms with van der Waals surface area (Å²) in [6.07, 6.45) is 6.88. The van der Waals surface area contributed by atoms with Crippen LogP contribution in [-0.4, -0.2) is 70.3 Å². The Labute approximate surface area is 212 Å². The predicted molar refractivity (Wildman–Crippen MR) is 137 cm³/mol. The SMILES string of the molecule is COc1ccc(CN(C(=O)CSc2nnc(N3CCC(C)CC3)n2CC2CCCO2)C2CC2)cc1. The van der Waals surface area contributed by atoms with Crippen LogP contribution in [0.15, 0.2) is 29.4 Å². The van der Waals surface area contributed by atoms with Crippen molar-refractivity contribution in [3.05, 3.63) is 29.8 Å². The maximum absolute atomic E-state index is 13.3. The lowest BCUT2D eigenvalue weighted by molar-refractivity contribution is -0.129. The van der Waals surface area contributed by atoms with E-state index in [0.29, 0.717) is 18.3 Å². The molecule has 190 valence electrons. The Bertz CT molecular complexity index is 979. The molecule has 0 bridgehead atoms. The van der Waals surface area contributed by atoms with Gasteiger partial charge in [-0.25, -0.2) is 0 Å². The van der Waals surface area contributed by atoms with Gasteiger partial charge in [-0.1, -0.05) is 30.8 Å². The summed E-state index contributed by atoms with van der Waals surface area (Å²) in [7, 11) is 1.67. The van der Waals surface area contributed by atoms with Crippen molar-refractivity contribution in [2.24, 2.45) is 5.92 Å². The highest BCUT2D eigenvalue weighted by molar-refractivity contribution is 7.99. The fourth-order valence-corrected chi connectivity index (χ4v) is 5.75. The van der Waals surface area contributed by atoms with Gasteiger partial charge in [0.15, 0.2) is 5.16 Å². The number of aromatic nitrogens is 3. The lowest BCUT2D eigenvalue weighted by Crippen LogP contribution is -2.35. The van der Waals surface area contributed by atoms with Crippen LogP contribution in [-0.2, 0) is 22.6 Å². The van der Waals surface area contributed by atoms with E-state index in [-0.39, 0.29) is 12.0 Å². The van der Waals surface area contributed by atoms with Crippen LogP contribution in [0.2, 0.25) is 0 Å². The molecule has 1 atom stereocenters. The zero-order valence-corrected chi connectivity index (χ0v) is 21.7. The number of hydrogen-bond acceptors (Lipinski definition) is 7. The van der Waals surface area contributed by atoms with Crippen LogP contribution in [0, 0.1) is 5.92 Å². The summed E-state index contributed by atoms with van der Waals surface area (Å²) in [6.45, 7) is 6.54. The number of ether oxygens (including phenoxy) is 2. The fourth-order valence-electron chi connectivity index (χ4n) is 4.93. The molecule has 3 fully saturated rings. The second kappa shape index (κ2) is 11.2. The third-order valence-electron chi connectivity index (χ3n) is 7.32. The number of amides is 1. The zero-order valence-electron chi connectivity index (χ0n) is 20.9. The van der Waals surface area contributed by atoms with Crippen molar-refractivity contribution in [2.75, 3.05) is 37.5 Å². The molecule has 5 rings (SSSR count). The summed E-state index contributed by atoms with van der Waals surface area (Å²) in [4.78, 5) is 17.7. The molecule has 0 spiro atoms. The smallest absolute Gasteiger partial charge is 0.233 e. The molecular formula is C26H37N5O3S. The van der Waals surface area contributed by atoms with E-state index in [1.165, 1.54) is 24.6 Å². The molecule has 1 aromatic heterocycles. The Morgan fingerprint density at radius 1 is 1.14 bits per heavy atom. The van der Waals surface area contributed by atoms with Crippen molar-refractivity contribution in [1.82, 2.24) is 19.7 Å². The highest BCUT2D eigenvalue weighted by Crippen LogP contribution is 2.31. The largest absolute Gasteiger partial charge is 0.497 e. The van der Waals surface area contributed by atoms with Gasteiger partial charge in [0.05, 0.1) is 25.5 Å². The van der Waals surface area contributed by atoms with Gasteiger partial charge in [0.2, 0.25) is 11.9 Å². The van der Waals surface area contributed by atoms with Crippen molar-refractivity contribution in [2.45, 2.75) is 75.8 Å². The molecule has 1 unspecified atom stereocenters. The molecule has 2 saturated heterocycles. The Kier molecular flexibility index (Phi) is 7.82. The van der Waals surface area contributed by atoms with E-state index in [0.717, 1.165) is 80.3 Å². The molecule has 1 amide bonds. The molecule has 2 aromatic rings. The van der Waals surface area contributed by atoms with Gasteiger partial charge in [0.25, 0.3) is 0 Å². The van der Waals surface area contributed by atoms with E-state index in [4.69, 9.17) is 9.47 Å². The molecule has 1 aromatic carbocycles. The third kappa shape index (κ3) is 6.12. The number of methoxy groups -OCH3 is 1. The first-order valence-corrected chi connectivity index (χ1v) is 13.9. The zero-order chi connectivity index (χ0) is 24.2. The Morgan fingerprint density at radius 3 is 2.57 bits per heavy atom. The molecule has 3 heterocycles. The van der Waals surface area contributed by atoms with Crippen molar-refractivity contribution in [3.8, 4) is 5.75 Å². The highest BCUT2D eigenvalue weighted by Gasteiger charge is 2.33. The minimum Gasteiger partial charge on any atom is -0.497 e. The summed E-state index contributed by atoms with van der Waals surface area (Å²) >= 11 is 1.51. The average molecular weight is 500 g/mol. The average Bonchev–Trinajstić information content (AvgIpc) is 3.44. The first-order chi connectivity index (χ1) is 17.1. The van der Waals surface area contributed by atoms with Gasteiger partial charge in [-0.05, 0) is 62.1 Å². The summed E-state index contributed by atoms with van der Waals surface area (Å²) in [5, 5.41) is 9.95. The second-order valence-electron chi connectivity index (χ2n) is 10.1. The molecule has 2 aliphatic heterocycles. The molecule has 1 aliphatic carbocycles. The first kappa shape index (κ1) is 24.4. The minimum atomic E-state index is 0.160. The van der Waals surface area contributed by atoms with E-state index in [9.17, 15) is 4.79 Å². The number of hydrogen-bond donors (Lipinski definition) is 0. The molecule has 0 radical (unpaired) electrons. The molecule has 3 aliphatic rings. The van der Waals surface area contributed by atoms with Crippen LogP contribution < -0.4 is 9.64 Å². The highest BCUT2D eigenvalue weighted by atomic mass is 32.2. The Balaban J connectivity index is 1.26. The maximum Gasteiger partial charge on any atom is 0.233 e. The van der Waals surface area contributed by atoms with Gasteiger partial charge in [-0.2, -0.15) is 0 Å². The molecule has 35 heavy (non-hydrogen) atoms. The van der Waals surface area contributed by atoms with Crippen LogP contribution >= 0.6 is 11.8 Å². The number of benzene rings is 1. The van der Waals surface area contributed by atoms with Crippen LogP contribution in [0.1, 0.15) is 51.0 Å². The summed E-state index contributed by atoms with van der Waals surface area (Å²) < 4.78 is 13.4. The normalized spacial score (nSPS) is 20.9. The number of piperidine rings is 1. The van der Waals surface area contributed by atoms with Crippen LogP contribution in [0.25, 0.3) is 0 Å². The van der Waals surface area contributed by atoms with Crippen molar-refractivity contribution < 1.29 is 14.3 Å². The second-order valence-corrected chi connectivity index (χ2v) is 11.0. The van der Waals surface area contributed by atoms with Crippen molar-refractivity contribution in [1.29, 1.82) is 0 Å². The lowest BCUT2D eigenvalue weighted by atomic mass is 10.00. The molecule has 0 N–H and O–H groups in total. The van der Waals surface area contributed by atoms with E-state index >= 15 is 0 Å². The predicted octanol–water partition coefficient (Wildman–Crippen LogP) is 3.99. The summed E-state index contributed by atoms with van der Waals surface area (Å²) in [5.41, 5.74) is 1.12. The molecular weight excluding hydrogens is 462 g/mol. The molecule has 8 nitrogen and oxygen atoms in total. The van der Waals surface area contributed by atoms with Crippen molar-refractivity contribution >= 4 is 23.6 Å². The van der Waals surface area contributed by atoms with Crippen LogP contribution in [0.4, 0.5) is 5.95 Å².